The Balaban J connectivity index is 1.82. The van der Waals surface area contributed by atoms with E-state index >= 15 is 0 Å². The van der Waals surface area contributed by atoms with Crippen LogP contribution in [0.3, 0.4) is 0 Å². The van der Waals surface area contributed by atoms with Gasteiger partial charge in [-0.05, 0) is 31.5 Å². The SMILES string of the molecule is CC1COCCN1C(=O)c1cccc(N2CCCC2=O)c1. The molecule has 1 aromatic rings. The van der Waals surface area contributed by atoms with Crippen LogP contribution >= 0.6 is 0 Å². The predicted octanol–water partition coefficient (Wildman–Crippen LogP) is 1.67. The number of ether oxygens (including phenoxy) is 1. The van der Waals surface area contributed by atoms with Gasteiger partial charge in [0, 0.05) is 30.8 Å². The normalized spacial score (nSPS) is 22.7. The third-order valence-corrected chi connectivity index (χ3v) is 4.11. The smallest absolute Gasteiger partial charge is 0.254 e. The number of benzene rings is 1. The largest absolute Gasteiger partial charge is 0.377 e. The Morgan fingerprint density at radius 3 is 2.90 bits per heavy atom. The molecule has 112 valence electrons. The van der Waals surface area contributed by atoms with Gasteiger partial charge in [-0.25, -0.2) is 0 Å². The second-order valence-corrected chi connectivity index (χ2v) is 5.62. The van der Waals surface area contributed by atoms with E-state index in [9.17, 15) is 9.59 Å². The van der Waals surface area contributed by atoms with Gasteiger partial charge in [0.05, 0.1) is 19.3 Å². The van der Waals surface area contributed by atoms with Crippen LogP contribution in [0, 0.1) is 0 Å². The number of nitrogens with zero attached hydrogens (tertiary/aromatic N) is 2. The minimum Gasteiger partial charge on any atom is -0.377 e. The van der Waals surface area contributed by atoms with Gasteiger partial charge in [-0.3, -0.25) is 9.59 Å². The van der Waals surface area contributed by atoms with E-state index in [-0.39, 0.29) is 17.9 Å². The number of morpholine rings is 1. The molecule has 2 aliphatic rings. The van der Waals surface area contributed by atoms with Crippen molar-refractivity contribution < 1.29 is 14.3 Å². The zero-order chi connectivity index (χ0) is 14.8. The Morgan fingerprint density at radius 2 is 2.19 bits per heavy atom. The molecule has 1 unspecified atom stereocenters. The second kappa shape index (κ2) is 5.85. The number of amides is 2. The Labute approximate surface area is 124 Å². The lowest BCUT2D eigenvalue weighted by Gasteiger charge is -2.33. The lowest BCUT2D eigenvalue weighted by molar-refractivity contribution is -0.117. The Kier molecular flexibility index (Phi) is 3.92. The van der Waals surface area contributed by atoms with Gasteiger partial charge in [0.2, 0.25) is 5.91 Å². The molecule has 2 saturated heterocycles. The van der Waals surface area contributed by atoms with Crippen molar-refractivity contribution in [3.63, 3.8) is 0 Å². The molecular formula is C16H20N2O3. The molecule has 0 spiro atoms. The molecule has 21 heavy (non-hydrogen) atoms. The average molecular weight is 288 g/mol. The third kappa shape index (κ3) is 2.78. The summed E-state index contributed by atoms with van der Waals surface area (Å²) in [6, 6.07) is 7.47. The molecule has 5 nitrogen and oxygen atoms in total. The standard InChI is InChI=1S/C16H20N2O3/c1-12-11-21-9-8-17(12)16(20)13-4-2-5-14(10-13)18-7-3-6-15(18)19/h2,4-5,10,12H,3,6-9,11H2,1H3. The fraction of sp³-hybridized carbons (Fsp3) is 0.500. The molecule has 5 heteroatoms. The van der Waals surface area contributed by atoms with Crippen molar-refractivity contribution in [3.8, 4) is 0 Å². The molecule has 0 bridgehead atoms. The number of anilines is 1. The van der Waals surface area contributed by atoms with Gasteiger partial charge in [-0.15, -0.1) is 0 Å². The molecule has 0 aromatic heterocycles. The van der Waals surface area contributed by atoms with Crippen molar-refractivity contribution in [3.05, 3.63) is 29.8 Å². The van der Waals surface area contributed by atoms with Crippen molar-refractivity contribution in [2.75, 3.05) is 31.2 Å². The first-order chi connectivity index (χ1) is 10.2. The Bertz CT molecular complexity index is 558. The molecule has 3 rings (SSSR count). The highest BCUT2D eigenvalue weighted by atomic mass is 16.5. The highest BCUT2D eigenvalue weighted by Gasteiger charge is 2.26. The number of rotatable bonds is 2. The molecule has 2 amide bonds. The number of carbonyl (C=O) groups excluding carboxylic acids is 2. The first-order valence-electron chi connectivity index (χ1n) is 7.46. The summed E-state index contributed by atoms with van der Waals surface area (Å²) in [5.41, 5.74) is 1.46. The molecule has 2 heterocycles. The third-order valence-electron chi connectivity index (χ3n) is 4.11. The van der Waals surface area contributed by atoms with Gasteiger partial charge in [0.1, 0.15) is 0 Å². The van der Waals surface area contributed by atoms with Crippen LogP contribution in [0.25, 0.3) is 0 Å². The number of carbonyl (C=O) groups is 2. The maximum absolute atomic E-state index is 12.6. The van der Waals surface area contributed by atoms with Crippen LogP contribution in [-0.2, 0) is 9.53 Å². The van der Waals surface area contributed by atoms with Crippen LogP contribution in [0.4, 0.5) is 5.69 Å². The molecule has 2 aliphatic heterocycles. The molecule has 0 N–H and O–H groups in total. The highest BCUT2D eigenvalue weighted by Crippen LogP contribution is 2.23. The average Bonchev–Trinajstić information content (AvgIpc) is 2.93. The van der Waals surface area contributed by atoms with Crippen LogP contribution in [0.2, 0.25) is 0 Å². The summed E-state index contributed by atoms with van der Waals surface area (Å²) in [5.74, 6) is 0.152. The summed E-state index contributed by atoms with van der Waals surface area (Å²) < 4.78 is 5.37. The van der Waals surface area contributed by atoms with Gasteiger partial charge < -0.3 is 14.5 Å². The van der Waals surface area contributed by atoms with Crippen molar-refractivity contribution in [2.45, 2.75) is 25.8 Å². The van der Waals surface area contributed by atoms with Crippen molar-refractivity contribution in [1.82, 2.24) is 4.90 Å². The van der Waals surface area contributed by atoms with Crippen LogP contribution in [0.1, 0.15) is 30.1 Å². The molecular weight excluding hydrogens is 268 g/mol. The van der Waals surface area contributed by atoms with E-state index in [1.807, 2.05) is 36.1 Å². The van der Waals surface area contributed by atoms with E-state index in [1.54, 1.807) is 4.90 Å². The van der Waals surface area contributed by atoms with Crippen molar-refractivity contribution in [2.24, 2.45) is 0 Å². The maximum atomic E-state index is 12.6. The van der Waals surface area contributed by atoms with Crippen LogP contribution < -0.4 is 4.90 Å². The minimum absolute atomic E-state index is 0.0132. The van der Waals surface area contributed by atoms with E-state index in [0.717, 1.165) is 18.7 Å². The summed E-state index contributed by atoms with van der Waals surface area (Å²) in [6.07, 6.45) is 1.48. The summed E-state index contributed by atoms with van der Waals surface area (Å²) in [5, 5.41) is 0. The van der Waals surface area contributed by atoms with E-state index in [2.05, 4.69) is 0 Å². The fourth-order valence-electron chi connectivity index (χ4n) is 2.92. The van der Waals surface area contributed by atoms with Gasteiger partial charge in [-0.1, -0.05) is 6.07 Å². The summed E-state index contributed by atoms with van der Waals surface area (Å²) in [7, 11) is 0. The monoisotopic (exact) mass is 288 g/mol. The van der Waals surface area contributed by atoms with E-state index < -0.39 is 0 Å². The summed E-state index contributed by atoms with van der Waals surface area (Å²) in [4.78, 5) is 28.1. The van der Waals surface area contributed by atoms with Gasteiger partial charge >= 0.3 is 0 Å². The second-order valence-electron chi connectivity index (χ2n) is 5.62. The van der Waals surface area contributed by atoms with Crippen molar-refractivity contribution >= 4 is 17.5 Å². The van der Waals surface area contributed by atoms with Crippen LogP contribution in [0.5, 0.6) is 0 Å². The summed E-state index contributed by atoms with van der Waals surface area (Å²) >= 11 is 0. The van der Waals surface area contributed by atoms with Crippen LogP contribution in [-0.4, -0.2) is 49.1 Å². The summed E-state index contributed by atoms with van der Waals surface area (Å²) in [6.45, 7) is 4.51. The van der Waals surface area contributed by atoms with Gasteiger partial charge in [0.15, 0.2) is 0 Å². The Hall–Kier alpha value is -1.88. The molecule has 1 atom stereocenters. The van der Waals surface area contributed by atoms with Gasteiger partial charge in [-0.2, -0.15) is 0 Å². The molecule has 2 fully saturated rings. The molecule has 0 saturated carbocycles. The number of hydrogen-bond donors (Lipinski definition) is 0. The predicted molar refractivity (Wildman–Crippen MR) is 79.3 cm³/mol. The number of hydrogen-bond acceptors (Lipinski definition) is 3. The quantitative estimate of drug-likeness (QED) is 0.832. The molecule has 0 aliphatic carbocycles. The maximum Gasteiger partial charge on any atom is 0.254 e. The molecule has 1 aromatic carbocycles. The van der Waals surface area contributed by atoms with Crippen LogP contribution in [0.15, 0.2) is 24.3 Å². The topological polar surface area (TPSA) is 49.9 Å². The van der Waals surface area contributed by atoms with Gasteiger partial charge in [0.25, 0.3) is 5.91 Å². The zero-order valence-electron chi connectivity index (χ0n) is 12.2. The first kappa shape index (κ1) is 14.1. The van der Waals surface area contributed by atoms with E-state index in [1.165, 1.54) is 0 Å². The zero-order valence-corrected chi connectivity index (χ0v) is 12.2. The van der Waals surface area contributed by atoms with E-state index in [4.69, 9.17) is 4.74 Å². The fourth-order valence-corrected chi connectivity index (χ4v) is 2.92. The van der Waals surface area contributed by atoms with Crippen molar-refractivity contribution in [1.29, 1.82) is 0 Å². The lowest BCUT2D eigenvalue weighted by atomic mass is 10.1. The molecule has 0 radical (unpaired) electrons. The minimum atomic E-state index is 0.0132. The van der Waals surface area contributed by atoms with E-state index in [0.29, 0.717) is 31.7 Å². The highest BCUT2D eigenvalue weighted by molar-refractivity contribution is 5.99. The Morgan fingerprint density at radius 1 is 1.33 bits per heavy atom. The lowest BCUT2D eigenvalue weighted by Crippen LogP contribution is -2.47. The first-order valence-corrected chi connectivity index (χ1v) is 7.46.